The molecule has 1 aliphatic heterocycles. The number of carbonyl (C=O) groups is 2. The maximum atomic E-state index is 12.4. The largest absolute Gasteiger partial charge is 0.481 e. The van der Waals surface area contributed by atoms with E-state index in [1.807, 2.05) is 72.8 Å². The van der Waals surface area contributed by atoms with E-state index in [0.717, 1.165) is 45.6 Å². The van der Waals surface area contributed by atoms with Crippen LogP contribution in [0, 0.1) is 0 Å². The summed E-state index contributed by atoms with van der Waals surface area (Å²) < 4.78 is 12.8. The van der Waals surface area contributed by atoms with Gasteiger partial charge in [-0.2, -0.15) is 11.8 Å². The van der Waals surface area contributed by atoms with E-state index >= 15 is 0 Å². The Morgan fingerprint density at radius 3 is 2.30 bits per heavy atom. The van der Waals surface area contributed by atoms with E-state index in [2.05, 4.69) is 5.32 Å². The van der Waals surface area contributed by atoms with Crippen LogP contribution < -0.4 is 5.32 Å². The molecule has 1 fully saturated rings. The molecular formula is C34H41NO7S. The first-order valence-corrected chi connectivity index (χ1v) is 16.0. The van der Waals surface area contributed by atoms with Crippen LogP contribution in [0.3, 0.4) is 0 Å². The fraction of sp³-hybridized carbons (Fsp3) is 0.412. The molecule has 1 amide bonds. The van der Waals surface area contributed by atoms with Crippen molar-refractivity contribution in [3.8, 4) is 11.1 Å². The highest BCUT2D eigenvalue weighted by Crippen LogP contribution is 2.39. The number of nitrogens with one attached hydrogen (secondary N) is 1. The predicted octanol–water partition coefficient (Wildman–Crippen LogP) is 5.77. The van der Waals surface area contributed by atoms with Gasteiger partial charge in [0, 0.05) is 42.9 Å². The fourth-order valence-electron chi connectivity index (χ4n) is 5.10. The lowest BCUT2D eigenvalue weighted by Gasteiger charge is -2.36. The van der Waals surface area contributed by atoms with Crippen molar-refractivity contribution in [1.82, 2.24) is 5.32 Å². The average molecular weight is 608 g/mol. The van der Waals surface area contributed by atoms with Gasteiger partial charge in [-0.15, -0.1) is 0 Å². The summed E-state index contributed by atoms with van der Waals surface area (Å²) in [6, 6.07) is 23.9. The van der Waals surface area contributed by atoms with Crippen molar-refractivity contribution in [2.75, 3.05) is 18.1 Å². The van der Waals surface area contributed by atoms with Crippen molar-refractivity contribution < 1.29 is 34.4 Å². The molecule has 0 aliphatic carbocycles. The molecule has 1 heterocycles. The molecule has 4 N–H and O–H groups in total. The van der Waals surface area contributed by atoms with Crippen LogP contribution >= 0.6 is 11.8 Å². The Bertz CT molecular complexity index is 1300. The second-order valence-corrected chi connectivity index (χ2v) is 11.8. The quantitative estimate of drug-likeness (QED) is 0.151. The Morgan fingerprint density at radius 2 is 1.58 bits per heavy atom. The number of carboxylic acids is 1. The number of thioether (sulfide) groups is 1. The summed E-state index contributed by atoms with van der Waals surface area (Å²) in [7, 11) is 0. The molecule has 1 saturated heterocycles. The molecule has 4 rings (SSSR count). The van der Waals surface area contributed by atoms with Gasteiger partial charge in [0.1, 0.15) is 0 Å². The van der Waals surface area contributed by atoms with Crippen molar-refractivity contribution in [2.24, 2.45) is 0 Å². The SMILES string of the molecule is O=C(O)CCCCCC(=O)NCc1ccccc1-c1ccc(C2OC(CSCCO)CC(c3ccc(CO)cc3)O2)cc1. The van der Waals surface area contributed by atoms with Gasteiger partial charge in [-0.1, -0.05) is 79.2 Å². The van der Waals surface area contributed by atoms with E-state index < -0.39 is 12.3 Å². The smallest absolute Gasteiger partial charge is 0.303 e. The van der Waals surface area contributed by atoms with Gasteiger partial charge in [-0.3, -0.25) is 9.59 Å². The third kappa shape index (κ3) is 10.2. The minimum atomic E-state index is -0.806. The molecule has 8 nitrogen and oxygen atoms in total. The summed E-state index contributed by atoms with van der Waals surface area (Å²) in [5, 5.41) is 30.4. The Morgan fingerprint density at radius 1 is 0.860 bits per heavy atom. The number of aliphatic hydroxyl groups excluding tert-OH is 2. The number of ether oxygens (including phenoxy) is 2. The van der Waals surface area contributed by atoms with Crippen LogP contribution in [0.2, 0.25) is 0 Å². The molecule has 3 atom stereocenters. The molecular weight excluding hydrogens is 566 g/mol. The molecule has 1 aliphatic rings. The average Bonchev–Trinajstić information content (AvgIpc) is 3.04. The molecule has 0 bridgehead atoms. The van der Waals surface area contributed by atoms with Crippen molar-refractivity contribution in [2.45, 2.75) is 70.2 Å². The van der Waals surface area contributed by atoms with Gasteiger partial charge in [0.25, 0.3) is 0 Å². The molecule has 43 heavy (non-hydrogen) atoms. The van der Waals surface area contributed by atoms with Gasteiger partial charge in [-0.25, -0.2) is 0 Å². The number of aliphatic carboxylic acids is 1. The van der Waals surface area contributed by atoms with Crippen molar-refractivity contribution in [3.63, 3.8) is 0 Å². The van der Waals surface area contributed by atoms with E-state index in [4.69, 9.17) is 14.6 Å². The van der Waals surface area contributed by atoms with Crippen LogP contribution in [0.15, 0.2) is 72.8 Å². The normalized spacial score (nSPS) is 18.3. The number of hydrogen-bond acceptors (Lipinski definition) is 7. The zero-order valence-corrected chi connectivity index (χ0v) is 25.1. The molecule has 0 aromatic heterocycles. The summed E-state index contributed by atoms with van der Waals surface area (Å²) in [6.45, 7) is 0.533. The molecule has 0 saturated carbocycles. The molecule has 3 aromatic carbocycles. The Labute approximate surface area is 257 Å². The van der Waals surface area contributed by atoms with E-state index in [1.54, 1.807) is 11.8 Å². The summed E-state index contributed by atoms with van der Waals surface area (Å²) >= 11 is 1.66. The number of unbranched alkanes of at least 4 members (excludes halogenated alkanes) is 2. The number of amides is 1. The fourth-order valence-corrected chi connectivity index (χ4v) is 5.87. The van der Waals surface area contributed by atoms with Gasteiger partial charge >= 0.3 is 5.97 Å². The highest BCUT2D eigenvalue weighted by Gasteiger charge is 2.32. The Balaban J connectivity index is 1.41. The highest BCUT2D eigenvalue weighted by molar-refractivity contribution is 7.99. The summed E-state index contributed by atoms with van der Waals surface area (Å²) in [4.78, 5) is 23.0. The standard InChI is InChI=1S/C34H41NO7S/c36-18-19-43-23-29-20-31(26-12-10-24(22-37)11-13-26)42-34(41-29)27-16-14-25(15-17-27)30-7-5-4-6-28(30)21-35-32(38)8-2-1-3-9-33(39)40/h4-7,10-17,29,31,34,36-37H,1-3,8-9,18-23H2,(H,35,38)(H,39,40). The monoisotopic (exact) mass is 607 g/mol. The molecule has 230 valence electrons. The summed E-state index contributed by atoms with van der Waals surface area (Å²) in [6.07, 6.45) is 2.44. The van der Waals surface area contributed by atoms with Crippen molar-refractivity contribution in [3.05, 3.63) is 95.1 Å². The van der Waals surface area contributed by atoms with Crippen LogP contribution in [-0.4, -0.2) is 51.4 Å². The van der Waals surface area contributed by atoms with Crippen molar-refractivity contribution in [1.29, 1.82) is 0 Å². The maximum absolute atomic E-state index is 12.4. The summed E-state index contributed by atoms with van der Waals surface area (Å²) in [5.41, 5.74) is 5.85. The number of carbonyl (C=O) groups excluding carboxylic acids is 1. The second kappa shape index (κ2) is 17.2. The van der Waals surface area contributed by atoms with Gasteiger partial charge in [0.2, 0.25) is 5.91 Å². The predicted molar refractivity (Wildman–Crippen MR) is 167 cm³/mol. The number of hydrogen-bond donors (Lipinski definition) is 4. The lowest BCUT2D eigenvalue weighted by molar-refractivity contribution is -0.245. The Hall–Kier alpha value is -3.21. The molecule has 9 heteroatoms. The van der Waals surface area contributed by atoms with Gasteiger partial charge in [0.05, 0.1) is 25.4 Å². The first kappa shape index (κ1) is 32.7. The van der Waals surface area contributed by atoms with E-state index in [1.165, 1.54) is 0 Å². The van der Waals surface area contributed by atoms with Gasteiger partial charge in [-0.05, 0) is 40.7 Å². The van der Waals surface area contributed by atoms with Gasteiger partial charge in [0.15, 0.2) is 6.29 Å². The minimum Gasteiger partial charge on any atom is -0.481 e. The van der Waals surface area contributed by atoms with Crippen LogP contribution in [-0.2, 0) is 32.2 Å². The maximum Gasteiger partial charge on any atom is 0.303 e. The zero-order valence-electron chi connectivity index (χ0n) is 24.3. The van der Waals surface area contributed by atoms with Crippen LogP contribution in [0.25, 0.3) is 11.1 Å². The first-order valence-electron chi connectivity index (χ1n) is 14.8. The van der Waals surface area contributed by atoms with Crippen molar-refractivity contribution >= 4 is 23.6 Å². The van der Waals surface area contributed by atoms with E-state index in [9.17, 15) is 19.8 Å². The zero-order chi connectivity index (χ0) is 30.4. The third-order valence-corrected chi connectivity index (χ3v) is 8.51. The Kier molecular flexibility index (Phi) is 13.1. The van der Waals surface area contributed by atoms with E-state index in [0.29, 0.717) is 38.0 Å². The minimum absolute atomic E-state index is 0.00397. The van der Waals surface area contributed by atoms with Crippen LogP contribution in [0.1, 0.15) is 73.2 Å². The first-order chi connectivity index (χ1) is 21.0. The second-order valence-electron chi connectivity index (χ2n) is 10.7. The topological polar surface area (TPSA) is 125 Å². The van der Waals surface area contributed by atoms with Gasteiger partial charge < -0.3 is 30.1 Å². The lowest BCUT2D eigenvalue weighted by Crippen LogP contribution is -2.31. The van der Waals surface area contributed by atoms with E-state index in [-0.39, 0.29) is 37.7 Å². The molecule has 3 unspecified atom stereocenters. The van der Waals surface area contributed by atoms with Crippen LogP contribution in [0.5, 0.6) is 0 Å². The number of aliphatic hydroxyl groups is 2. The number of carboxylic acid groups (broad SMARTS) is 1. The third-order valence-electron chi connectivity index (χ3n) is 7.44. The molecule has 3 aromatic rings. The van der Waals surface area contributed by atoms with Crippen LogP contribution in [0.4, 0.5) is 0 Å². The number of rotatable bonds is 16. The number of benzene rings is 3. The highest BCUT2D eigenvalue weighted by atomic mass is 32.2. The summed E-state index contributed by atoms with van der Waals surface area (Å²) in [5.74, 6) is 0.562. The molecule has 0 spiro atoms. The lowest BCUT2D eigenvalue weighted by atomic mass is 9.97. The molecule has 0 radical (unpaired) electrons.